The lowest BCUT2D eigenvalue weighted by atomic mass is 10.00. The normalized spacial score (nSPS) is 14.0. The number of nitrogens with zero attached hydrogens (tertiary/aromatic N) is 8. The standard InChI is InChI=1S/C18H23N9O/c1-25-13-20-21-16(25)6-8-19-18(28)12-27-17(22-23-24-27)11-26-9-7-14-4-2-3-5-15(14)10-26/h2-5,13H,6-12H2,1H3,(H,19,28). The summed E-state index contributed by atoms with van der Waals surface area (Å²) in [5.41, 5.74) is 2.75. The van der Waals surface area contributed by atoms with E-state index in [0.717, 1.165) is 25.3 Å². The van der Waals surface area contributed by atoms with E-state index in [2.05, 4.69) is 60.2 Å². The van der Waals surface area contributed by atoms with Gasteiger partial charge in [0.25, 0.3) is 0 Å². The van der Waals surface area contributed by atoms with Crippen LogP contribution in [0.5, 0.6) is 0 Å². The fraction of sp³-hybridized carbons (Fsp3) is 0.444. The largest absolute Gasteiger partial charge is 0.354 e. The average Bonchev–Trinajstić information content (AvgIpc) is 3.31. The Morgan fingerprint density at radius 3 is 2.86 bits per heavy atom. The molecule has 1 aliphatic heterocycles. The number of hydrogen-bond donors (Lipinski definition) is 1. The zero-order valence-electron chi connectivity index (χ0n) is 15.8. The van der Waals surface area contributed by atoms with Gasteiger partial charge in [0, 0.05) is 33.1 Å². The van der Waals surface area contributed by atoms with Crippen LogP contribution in [0.4, 0.5) is 0 Å². The molecule has 1 amide bonds. The lowest BCUT2D eigenvalue weighted by Gasteiger charge is -2.28. The first-order valence-electron chi connectivity index (χ1n) is 9.33. The molecule has 0 aliphatic carbocycles. The maximum absolute atomic E-state index is 12.2. The first kappa shape index (κ1) is 18.2. The van der Waals surface area contributed by atoms with Gasteiger partial charge in [0.1, 0.15) is 18.7 Å². The van der Waals surface area contributed by atoms with Crippen LogP contribution in [-0.2, 0) is 44.3 Å². The topological polar surface area (TPSA) is 107 Å². The molecule has 146 valence electrons. The third-order valence-corrected chi connectivity index (χ3v) is 4.95. The van der Waals surface area contributed by atoms with Crippen LogP contribution in [0.2, 0.25) is 0 Å². The van der Waals surface area contributed by atoms with E-state index < -0.39 is 0 Å². The molecule has 4 rings (SSSR count). The van der Waals surface area contributed by atoms with Crippen molar-refractivity contribution in [2.45, 2.75) is 32.5 Å². The minimum atomic E-state index is -0.125. The van der Waals surface area contributed by atoms with Crippen LogP contribution in [0.25, 0.3) is 0 Å². The minimum Gasteiger partial charge on any atom is -0.354 e. The fourth-order valence-corrected chi connectivity index (χ4v) is 3.39. The second kappa shape index (κ2) is 8.26. The van der Waals surface area contributed by atoms with Crippen LogP contribution >= 0.6 is 0 Å². The summed E-state index contributed by atoms with van der Waals surface area (Å²) in [5, 5.41) is 22.6. The highest BCUT2D eigenvalue weighted by Gasteiger charge is 2.19. The van der Waals surface area contributed by atoms with Gasteiger partial charge in [0.2, 0.25) is 5.91 Å². The number of amides is 1. The van der Waals surface area contributed by atoms with E-state index in [1.807, 2.05) is 11.6 Å². The van der Waals surface area contributed by atoms with Crippen molar-refractivity contribution < 1.29 is 4.79 Å². The molecule has 3 aromatic rings. The number of tetrazole rings is 1. The van der Waals surface area contributed by atoms with Crippen LogP contribution in [0, 0.1) is 0 Å². The molecule has 2 aromatic heterocycles. The van der Waals surface area contributed by atoms with Gasteiger partial charge in [-0.05, 0) is 28.0 Å². The molecule has 1 N–H and O–H groups in total. The van der Waals surface area contributed by atoms with Gasteiger partial charge in [0.15, 0.2) is 5.82 Å². The number of carbonyl (C=O) groups excluding carboxylic acids is 1. The Kier molecular flexibility index (Phi) is 5.38. The number of benzene rings is 1. The molecule has 0 unspecified atom stereocenters. The fourth-order valence-electron chi connectivity index (χ4n) is 3.39. The third kappa shape index (κ3) is 4.22. The highest BCUT2D eigenvalue weighted by molar-refractivity contribution is 5.75. The van der Waals surface area contributed by atoms with Crippen molar-refractivity contribution in [1.29, 1.82) is 0 Å². The SMILES string of the molecule is Cn1cnnc1CCNC(=O)Cn1nnnc1CN1CCc2ccccc2C1. The van der Waals surface area contributed by atoms with E-state index >= 15 is 0 Å². The molecule has 3 heterocycles. The molecular formula is C18H23N9O. The van der Waals surface area contributed by atoms with Crippen LogP contribution in [0.3, 0.4) is 0 Å². The van der Waals surface area contributed by atoms with E-state index in [4.69, 9.17) is 0 Å². The van der Waals surface area contributed by atoms with E-state index in [9.17, 15) is 4.79 Å². The van der Waals surface area contributed by atoms with E-state index in [1.54, 1.807) is 11.0 Å². The highest BCUT2D eigenvalue weighted by atomic mass is 16.2. The van der Waals surface area contributed by atoms with Gasteiger partial charge in [-0.15, -0.1) is 15.3 Å². The molecule has 10 nitrogen and oxygen atoms in total. The van der Waals surface area contributed by atoms with E-state index in [0.29, 0.717) is 25.3 Å². The van der Waals surface area contributed by atoms with Gasteiger partial charge in [-0.1, -0.05) is 24.3 Å². The molecule has 0 atom stereocenters. The molecule has 28 heavy (non-hydrogen) atoms. The lowest BCUT2D eigenvalue weighted by Crippen LogP contribution is -2.33. The summed E-state index contributed by atoms with van der Waals surface area (Å²) in [6, 6.07) is 8.49. The van der Waals surface area contributed by atoms with E-state index in [-0.39, 0.29) is 12.5 Å². The monoisotopic (exact) mass is 381 g/mol. The van der Waals surface area contributed by atoms with Gasteiger partial charge in [0.05, 0.1) is 6.54 Å². The predicted octanol–water partition coefficient (Wildman–Crippen LogP) is -0.281. The maximum atomic E-state index is 12.2. The molecule has 0 saturated heterocycles. The molecule has 1 aliphatic rings. The number of rotatable bonds is 7. The summed E-state index contributed by atoms with van der Waals surface area (Å²) in [6.07, 6.45) is 3.28. The molecule has 0 radical (unpaired) electrons. The molecule has 0 spiro atoms. The Morgan fingerprint density at radius 1 is 1.18 bits per heavy atom. The quantitative estimate of drug-likeness (QED) is 0.600. The molecule has 10 heteroatoms. The number of fused-ring (bicyclic) bond motifs is 1. The van der Waals surface area contributed by atoms with Crippen molar-refractivity contribution >= 4 is 5.91 Å². The summed E-state index contributed by atoms with van der Waals surface area (Å²) >= 11 is 0. The number of aromatic nitrogens is 7. The van der Waals surface area contributed by atoms with Crippen molar-refractivity contribution in [3.8, 4) is 0 Å². The number of hydrogen-bond acceptors (Lipinski definition) is 7. The summed E-state index contributed by atoms with van der Waals surface area (Å²) in [4.78, 5) is 14.6. The number of aryl methyl sites for hydroxylation is 1. The van der Waals surface area contributed by atoms with Crippen LogP contribution in [-0.4, -0.2) is 58.9 Å². The first-order chi connectivity index (χ1) is 13.7. The maximum Gasteiger partial charge on any atom is 0.241 e. The van der Waals surface area contributed by atoms with Crippen molar-refractivity contribution in [3.05, 3.63) is 53.4 Å². The van der Waals surface area contributed by atoms with Gasteiger partial charge in [-0.3, -0.25) is 9.69 Å². The zero-order valence-corrected chi connectivity index (χ0v) is 15.8. The molecule has 0 fully saturated rings. The number of carbonyl (C=O) groups is 1. The van der Waals surface area contributed by atoms with Gasteiger partial charge in [-0.25, -0.2) is 4.68 Å². The zero-order chi connectivity index (χ0) is 19.3. The van der Waals surface area contributed by atoms with Crippen LogP contribution in [0.1, 0.15) is 22.8 Å². The summed E-state index contributed by atoms with van der Waals surface area (Å²) < 4.78 is 3.40. The van der Waals surface area contributed by atoms with Gasteiger partial charge in [-0.2, -0.15) is 0 Å². The van der Waals surface area contributed by atoms with E-state index in [1.165, 1.54) is 11.1 Å². The summed E-state index contributed by atoms with van der Waals surface area (Å²) in [5.74, 6) is 1.40. The molecule has 0 bridgehead atoms. The Bertz CT molecular complexity index is 948. The average molecular weight is 381 g/mol. The second-order valence-corrected chi connectivity index (χ2v) is 6.94. The van der Waals surface area contributed by atoms with Crippen LogP contribution in [0.15, 0.2) is 30.6 Å². The summed E-state index contributed by atoms with van der Waals surface area (Å²) in [7, 11) is 1.88. The smallest absolute Gasteiger partial charge is 0.241 e. The first-order valence-corrected chi connectivity index (χ1v) is 9.33. The second-order valence-electron chi connectivity index (χ2n) is 6.94. The lowest BCUT2D eigenvalue weighted by molar-refractivity contribution is -0.121. The minimum absolute atomic E-state index is 0.103. The Morgan fingerprint density at radius 2 is 2.04 bits per heavy atom. The Balaban J connectivity index is 1.29. The Labute approximate surface area is 162 Å². The molecule has 1 aromatic carbocycles. The molecule has 0 saturated carbocycles. The highest BCUT2D eigenvalue weighted by Crippen LogP contribution is 2.19. The number of nitrogens with one attached hydrogen (secondary N) is 1. The van der Waals surface area contributed by atoms with Crippen molar-refractivity contribution in [1.82, 2.24) is 45.2 Å². The predicted molar refractivity (Wildman–Crippen MR) is 99.8 cm³/mol. The molecular weight excluding hydrogens is 358 g/mol. The third-order valence-electron chi connectivity index (χ3n) is 4.95. The van der Waals surface area contributed by atoms with Gasteiger partial charge < -0.3 is 9.88 Å². The van der Waals surface area contributed by atoms with Crippen molar-refractivity contribution in [2.75, 3.05) is 13.1 Å². The Hall–Kier alpha value is -3.14. The van der Waals surface area contributed by atoms with Gasteiger partial charge >= 0.3 is 0 Å². The van der Waals surface area contributed by atoms with Crippen LogP contribution < -0.4 is 5.32 Å². The van der Waals surface area contributed by atoms with Crippen molar-refractivity contribution in [2.24, 2.45) is 7.05 Å². The summed E-state index contributed by atoms with van der Waals surface area (Å²) in [6.45, 7) is 3.03. The van der Waals surface area contributed by atoms with Crippen molar-refractivity contribution in [3.63, 3.8) is 0 Å².